The fourth-order valence-electron chi connectivity index (χ4n) is 2.42. The van der Waals surface area contributed by atoms with Crippen molar-refractivity contribution in [3.63, 3.8) is 0 Å². The van der Waals surface area contributed by atoms with E-state index in [0.29, 0.717) is 23.8 Å². The molecule has 1 aromatic rings. The fraction of sp³-hybridized carbons (Fsp3) is 0.600. The van der Waals surface area contributed by atoms with Gasteiger partial charge >= 0.3 is 6.61 Å². The molecule has 21 heavy (non-hydrogen) atoms. The lowest BCUT2D eigenvalue weighted by Gasteiger charge is -2.15. The third-order valence-corrected chi connectivity index (χ3v) is 3.56. The van der Waals surface area contributed by atoms with E-state index in [4.69, 9.17) is 9.47 Å². The highest BCUT2D eigenvalue weighted by atomic mass is 19.3. The van der Waals surface area contributed by atoms with E-state index in [9.17, 15) is 8.78 Å². The number of para-hydroxylation sites is 1. The van der Waals surface area contributed by atoms with Crippen LogP contribution in [0.5, 0.6) is 11.5 Å². The first-order chi connectivity index (χ1) is 10.2. The number of hydrogen-bond acceptors (Lipinski definition) is 4. The molecule has 0 saturated carbocycles. The second-order valence-electron chi connectivity index (χ2n) is 5.02. The summed E-state index contributed by atoms with van der Waals surface area (Å²) < 4.78 is 40.0. The van der Waals surface area contributed by atoms with Crippen LogP contribution in [-0.2, 0) is 11.3 Å². The molecule has 4 nitrogen and oxygen atoms in total. The van der Waals surface area contributed by atoms with E-state index < -0.39 is 6.61 Å². The minimum Gasteiger partial charge on any atom is -0.493 e. The monoisotopic (exact) mass is 301 g/mol. The average Bonchev–Trinajstić information content (AvgIpc) is 2.97. The Labute approximate surface area is 123 Å². The zero-order chi connectivity index (χ0) is 15.1. The summed E-state index contributed by atoms with van der Waals surface area (Å²) >= 11 is 0. The van der Waals surface area contributed by atoms with Gasteiger partial charge in [0.1, 0.15) is 0 Å². The molecule has 1 aliphatic rings. The van der Waals surface area contributed by atoms with Crippen molar-refractivity contribution in [1.29, 1.82) is 0 Å². The molecule has 1 aliphatic heterocycles. The molecule has 0 amide bonds. The molecule has 0 radical (unpaired) electrons. The Bertz CT molecular complexity index is 437. The van der Waals surface area contributed by atoms with Crippen LogP contribution < -0.4 is 14.8 Å². The Morgan fingerprint density at radius 1 is 1.43 bits per heavy atom. The summed E-state index contributed by atoms with van der Waals surface area (Å²) in [5, 5.41) is 3.26. The molecule has 1 unspecified atom stereocenters. The maximum atomic E-state index is 12.5. The van der Waals surface area contributed by atoms with Gasteiger partial charge in [-0.15, -0.1) is 0 Å². The predicted octanol–water partition coefficient (Wildman–Crippen LogP) is 2.81. The SMILES string of the molecule is COc1cccc(CNCCC2CCOC2)c1OC(F)F. The van der Waals surface area contributed by atoms with Crippen LogP contribution in [0.4, 0.5) is 8.78 Å². The molecular weight excluding hydrogens is 280 g/mol. The van der Waals surface area contributed by atoms with Crippen molar-refractivity contribution in [3.8, 4) is 11.5 Å². The summed E-state index contributed by atoms with van der Waals surface area (Å²) in [6, 6.07) is 5.13. The molecule has 0 spiro atoms. The smallest absolute Gasteiger partial charge is 0.387 e. The number of halogens is 2. The summed E-state index contributed by atoms with van der Waals surface area (Å²) in [5.41, 5.74) is 0.664. The highest BCUT2D eigenvalue weighted by molar-refractivity contribution is 5.46. The van der Waals surface area contributed by atoms with Gasteiger partial charge in [0.2, 0.25) is 0 Å². The van der Waals surface area contributed by atoms with Crippen LogP contribution >= 0.6 is 0 Å². The van der Waals surface area contributed by atoms with E-state index >= 15 is 0 Å². The van der Waals surface area contributed by atoms with Gasteiger partial charge in [0.15, 0.2) is 11.5 Å². The Kier molecular flexibility index (Phi) is 6.20. The van der Waals surface area contributed by atoms with Crippen LogP contribution in [0.1, 0.15) is 18.4 Å². The number of methoxy groups -OCH3 is 1. The maximum absolute atomic E-state index is 12.5. The van der Waals surface area contributed by atoms with Crippen LogP contribution in [0.3, 0.4) is 0 Å². The maximum Gasteiger partial charge on any atom is 0.387 e. The van der Waals surface area contributed by atoms with E-state index in [1.165, 1.54) is 7.11 Å². The first kappa shape index (κ1) is 16.0. The quantitative estimate of drug-likeness (QED) is 0.750. The molecule has 2 rings (SSSR count). The van der Waals surface area contributed by atoms with Gasteiger partial charge in [-0.3, -0.25) is 0 Å². The van der Waals surface area contributed by atoms with Crippen molar-refractivity contribution >= 4 is 0 Å². The highest BCUT2D eigenvalue weighted by Gasteiger charge is 2.16. The predicted molar refractivity (Wildman–Crippen MR) is 74.9 cm³/mol. The van der Waals surface area contributed by atoms with Gasteiger partial charge in [-0.05, 0) is 31.4 Å². The average molecular weight is 301 g/mol. The van der Waals surface area contributed by atoms with Crippen LogP contribution in [0.15, 0.2) is 18.2 Å². The summed E-state index contributed by atoms with van der Waals surface area (Å²) in [7, 11) is 1.44. The van der Waals surface area contributed by atoms with E-state index in [1.54, 1.807) is 18.2 Å². The molecule has 118 valence electrons. The lowest BCUT2D eigenvalue weighted by molar-refractivity contribution is -0.0518. The van der Waals surface area contributed by atoms with Gasteiger partial charge in [0.25, 0.3) is 0 Å². The second-order valence-corrected chi connectivity index (χ2v) is 5.02. The molecule has 1 aromatic carbocycles. The summed E-state index contributed by atoms with van der Waals surface area (Å²) in [5.74, 6) is 1.02. The van der Waals surface area contributed by atoms with E-state index in [1.807, 2.05) is 0 Å². The van der Waals surface area contributed by atoms with Crippen molar-refractivity contribution < 1.29 is 23.0 Å². The molecule has 6 heteroatoms. The second kappa shape index (κ2) is 8.14. The molecule has 0 bridgehead atoms. The normalized spacial score (nSPS) is 18.2. The molecule has 1 saturated heterocycles. The minimum absolute atomic E-state index is 0.103. The third-order valence-electron chi connectivity index (χ3n) is 3.56. The highest BCUT2D eigenvalue weighted by Crippen LogP contribution is 2.32. The van der Waals surface area contributed by atoms with Crippen molar-refractivity contribution in [2.24, 2.45) is 5.92 Å². The summed E-state index contributed by atoms with van der Waals surface area (Å²) in [6.45, 7) is 0.0790. The van der Waals surface area contributed by atoms with Gasteiger partial charge in [-0.1, -0.05) is 12.1 Å². The number of alkyl halides is 2. The topological polar surface area (TPSA) is 39.7 Å². The van der Waals surface area contributed by atoms with Gasteiger partial charge < -0.3 is 19.5 Å². The van der Waals surface area contributed by atoms with E-state index in [-0.39, 0.29) is 5.75 Å². The zero-order valence-corrected chi connectivity index (χ0v) is 12.1. The van der Waals surface area contributed by atoms with Gasteiger partial charge in [-0.2, -0.15) is 8.78 Å². The largest absolute Gasteiger partial charge is 0.493 e. The molecule has 0 aromatic heterocycles. The molecule has 0 aliphatic carbocycles. The van der Waals surface area contributed by atoms with Gasteiger partial charge in [-0.25, -0.2) is 0 Å². The van der Waals surface area contributed by atoms with Crippen molar-refractivity contribution in [1.82, 2.24) is 5.32 Å². The summed E-state index contributed by atoms with van der Waals surface area (Å²) in [6.07, 6.45) is 2.12. The van der Waals surface area contributed by atoms with Crippen LogP contribution in [0.25, 0.3) is 0 Å². The zero-order valence-electron chi connectivity index (χ0n) is 12.1. The Morgan fingerprint density at radius 2 is 2.29 bits per heavy atom. The third kappa shape index (κ3) is 4.82. The molecular formula is C15H21F2NO3. The first-order valence-electron chi connectivity index (χ1n) is 7.10. The minimum atomic E-state index is -2.87. The van der Waals surface area contributed by atoms with Crippen LogP contribution in [0.2, 0.25) is 0 Å². The first-order valence-corrected chi connectivity index (χ1v) is 7.10. The van der Waals surface area contributed by atoms with E-state index in [2.05, 4.69) is 10.1 Å². The molecule has 1 N–H and O–H groups in total. The van der Waals surface area contributed by atoms with Crippen molar-refractivity contribution in [3.05, 3.63) is 23.8 Å². The Morgan fingerprint density at radius 3 is 2.95 bits per heavy atom. The summed E-state index contributed by atoms with van der Waals surface area (Å²) in [4.78, 5) is 0. The number of ether oxygens (including phenoxy) is 3. The Hall–Kier alpha value is -1.40. The van der Waals surface area contributed by atoms with Crippen LogP contribution in [0, 0.1) is 5.92 Å². The number of benzene rings is 1. The van der Waals surface area contributed by atoms with Crippen molar-refractivity contribution in [2.45, 2.75) is 26.0 Å². The van der Waals surface area contributed by atoms with Crippen molar-refractivity contribution in [2.75, 3.05) is 26.9 Å². The van der Waals surface area contributed by atoms with Crippen LogP contribution in [-0.4, -0.2) is 33.5 Å². The molecule has 1 fully saturated rings. The lowest BCUT2D eigenvalue weighted by Crippen LogP contribution is -2.19. The molecule has 1 atom stereocenters. The number of rotatable bonds is 8. The van der Waals surface area contributed by atoms with Gasteiger partial charge in [0.05, 0.1) is 7.11 Å². The van der Waals surface area contributed by atoms with Gasteiger partial charge in [0, 0.05) is 25.3 Å². The number of nitrogens with one attached hydrogen (secondary N) is 1. The lowest BCUT2D eigenvalue weighted by atomic mass is 10.1. The fourth-order valence-corrected chi connectivity index (χ4v) is 2.42. The molecule has 1 heterocycles. The Balaban J connectivity index is 1.88. The standard InChI is InChI=1S/C15H21F2NO3/c1-19-13-4-2-3-12(14(13)21-15(16)17)9-18-7-5-11-6-8-20-10-11/h2-4,11,15,18H,5-10H2,1H3. The number of hydrogen-bond donors (Lipinski definition) is 1. The van der Waals surface area contributed by atoms with E-state index in [0.717, 1.165) is 32.6 Å².